The molecule has 0 aliphatic heterocycles. The molecule has 8 heteroatoms. The van der Waals surface area contributed by atoms with E-state index in [0.29, 0.717) is 11.9 Å². The number of hydrogen-bond donors (Lipinski definition) is 1. The van der Waals surface area contributed by atoms with E-state index in [0.717, 1.165) is 31.0 Å². The number of rotatable bonds is 5. The summed E-state index contributed by atoms with van der Waals surface area (Å²) in [4.78, 5) is 30.8. The van der Waals surface area contributed by atoms with Crippen LogP contribution < -0.4 is 5.56 Å². The average Bonchev–Trinajstić information content (AvgIpc) is 3.38. The lowest BCUT2D eigenvalue weighted by atomic mass is 9.93. The van der Waals surface area contributed by atoms with E-state index in [1.807, 2.05) is 0 Å². The molecule has 4 nitrogen and oxygen atoms in total. The van der Waals surface area contributed by atoms with E-state index in [9.17, 15) is 27.2 Å². The molecule has 0 saturated heterocycles. The van der Waals surface area contributed by atoms with Crippen LogP contribution in [0.2, 0.25) is 0 Å². The minimum Gasteiger partial charge on any atom is -0.310 e. The van der Waals surface area contributed by atoms with Gasteiger partial charge < -0.3 is 4.98 Å². The normalized spacial score (nSPS) is 15.7. The second kappa shape index (κ2) is 6.66. The molecular formula is C18H16F4N2O2. The molecule has 1 fully saturated rings. The molecule has 26 heavy (non-hydrogen) atoms. The molecular weight excluding hydrogens is 352 g/mol. The number of nitrogens with one attached hydrogen (secondary N) is 1. The van der Waals surface area contributed by atoms with Gasteiger partial charge in [0.15, 0.2) is 5.78 Å². The first-order valence-corrected chi connectivity index (χ1v) is 8.16. The maximum Gasteiger partial charge on any atom is 0.416 e. The Hall–Kier alpha value is -2.51. The number of carbonyl (C=O) groups is 1. The first-order valence-electron chi connectivity index (χ1n) is 8.16. The van der Waals surface area contributed by atoms with Gasteiger partial charge >= 0.3 is 6.18 Å². The van der Waals surface area contributed by atoms with E-state index in [1.165, 1.54) is 0 Å². The van der Waals surface area contributed by atoms with E-state index in [1.54, 1.807) is 6.92 Å². The Kier molecular flexibility index (Phi) is 4.68. The fourth-order valence-electron chi connectivity index (χ4n) is 2.77. The number of nitrogens with zero attached hydrogens (tertiary/aromatic N) is 1. The Morgan fingerprint density at radius 2 is 2.00 bits per heavy atom. The van der Waals surface area contributed by atoms with Crippen LogP contribution in [-0.4, -0.2) is 15.8 Å². The Bertz CT molecular complexity index is 901. The number of hydrogen-bond acceptors (Lipinski definition) is 3. The lowest BCUT2D eigenvalue weighted by Gasteiger charge is -2.14. The number of alkyl halides is 3. The molecule has 1 atom stereocenters. The quantitative estimate of drug-likeness (QED) is 0.636. The third-order valence-electron chi connectivity index (χ3n) is 4.36. The second-order valence-electron chi connectivity index (χ2n) is 6.55. The molecule has 3 rings (SSSR count). The van der Waals surface area contributed by atoms with Crippen molar-refractivity contribution in [1.29, 1.82) is 0 Å². The van der Waals surface area contributed by atoms with Gasteiger partial charge in [-0.05, 0) is 36.5 Å². The summed E-state index contributed by atoms with van der Waals surface area (Å²) in [6.45, 7) is 1.54. The number of aromatic nitrogens is 2. The Morgan fingerprint density at radius 3 is 2.58 bits per heavy atom. The van der Waals surface area contributed by atoms with Crippen molar-refractivity contribution in [2.24, 2.45) is 0 Å². The molecule has 0 spiro atoms. The van der Waals surface area contributed by atoms with Crippen LogP contribution in [0.1, 0.15) is 65.5 Å². The Morgan fingerprint density at radius 1 is 1.31 bits per heavy atom. The van der Waals surface area contributed by atoms with Crippen molar-refractivity contribution in [3.05, 3.63) is 63.1 Å². The van der Waals surface area contributed by atoms with E-state index >= 15 is 0 Å². The number of H-pyrrole nitrogens is 1. The fraction of sp³-hybridized carbons (Fsp3) is 0.389. The maximum atomic E-state index is 14.0. The molecule has 1 N–H and O–H groups in total. The van der Waals surface area contributed by atoms with Gasteiger partial charge in [0.1, 0.15) is 17.3 Å². The highest BCUT2D eigenvalue weighted by molar-refractivity contribution is 5.94. The summed E-state index contributed by atoms with van der Waals surface area (Å²) in [6.07, 6.45) is -3.00. The summed E-state index contributed by atoms with van der Waals surface area (Å²) in [5.74, 6) is -1.51. The molecule has 2 aromatic rings. The number of halogens is 4. The predicted molar refractivity (Wildman–Crippen MR) is 85.6 cm³/mol. The first kappa shape index (κ1) is 18.3. The monoisotopic (exact) mass is 368 g/mol. The zero-order valence-corrected chi connectivity index (χ0v) is 13.9. The lowest BCUT2D eigenvalue weighted by Crippen LogP contribution is -2.17. The van der Waals surface area contributed by atoms with Gasteiger partial charge in [-0.2, -0.15) is 13.2 Å². The molecule has 1 saturated carbocycles. The number of Topliss-reactive ketones (excluding diaryl/α,β-unsaturated/α-hetero) is 1. The van der Waals surface area contributed by atoms with Gasteiger partial charge in [0.2, 0.25) is 0 Å². The van der Waals surface area contributed by atoms with Gasteiger partial charge in [-0.3, -0.25) is 9.59 Å². The summed E-state index contributed by atoms with van der Waals surface area (Å²) < 4.78 is 51.9. The number of aromatic amines is 1. The van der Waals surface area contributed by atoms with Crippen LogP contribution in [0.3, 0.4) is 0 Å². The first-order chi connectivity index (χ1) is 12.1. The van der Waals surface area contributed by atoms with Crippen molar-refractivity contribution < 1.29 is 22.4 Å². The molecule has 1 aliphatic rings. The van der Waals surface area contributed by atoms with Crippen molar-refractivity contribution in [2.75, 3.05) is 0 Å². The van der Waals surface area contributed by atoms with Gasteiger partial charge in [-0.1, -0.05) is 13.0 Å². The second-order valence-corrected chi connectivity index (χ2v) is 6.55. The van der Waals surface area contributed by atoms with Crippen molar-refractivity contribution in [3.8, 4) is 0 Å². The van der Waals surface area contributed by atoms with Gasteiger partial charge in [0.25, 0.3) is 5.56 Å². The van der Waals surface area contributed by atoms with E-state index in [-0.39, 0.29) is 23.6 Å². The smallest absolute Gasteiger partial charge is 0.310 e. The summed E-state index contributed by atoms with van der Waals surface area (Å²) in [7, 11) is 0. The SMILES string of the molecule is C[C@@H](CC(=O)c1cc(=O)[nH]c(C2CC2)n1)c1ccc(C(F)(F)F)cc1F. The Labute approximate surface area is 146 Å². The van der Waals surface area contributed by atoms with Crippen LogP contribution in [0.15, 0.2) is 29.1 Å². The molecule has 1 aliphatic carbocycles. The minimum atomic E-state index is -4.63. The molecule has 0 amide bonds. The molecule has 0 bridgehead atoms. The van der Waals surface area contributed by atoms with E-state index < -0.39 is 34.8 Å². The van der Waals surface area contributed by atoms with Gasteiger partial charge in [-0.25, -0.2) is 9.37 Å². The summed E-state index contributed by atoms with van der Waals surface area (Å²) in [6, 6.07) is 3.34. The highest BCUT2D eigenvalue weighted by Crippen LogP contribution is 2.37. The van der Waals surface area contributed by atoms with Gasteiger partial charge in [-0.15, -0.1) is 0 Å². The molecule has 138 valence electrons. The molecule has 1 aromatic carbocycles. The molecule has 0 unspecified atom stereocenters. The van der Waals surface area contributed by atoms with Crippen molar-refractivity contribution in [2.45, 2.75) is 44.2 Å². The highest BCUT2D eigenvalue weighted by atomic mass is 19.4. The van der Waals surface area contributed by atoms with Crippen LogP contribution in [-0.2, 0) is 6.18 Å². The number of benzene rings is 1. The summed E-state index contributed by atoms with van der Waals surface area (Å²) in [5, 5.41) is 0. The van der Waals surface area contributed by atoms with Crippen molar-refractivity contribution in [1.82, 2.24) is 9.97 Å². The third-order valence-corrected chi connectivity index (χ3v) is 4.36. The predicted octanol–water partition coefficient (Wildman–Crippen LogP) is 4.18. The Balaban J connectivity index is 1.78. The number of carbonyl (C=O) groups excluding carboxylic acids is 1. The van der Waals surface area contributed by atoms with Crippen LogP contribution >= 0.6 is 0 Å². The lowest BCUT2D eigenvalue weighted by molar-refractivity contribution is -0.137. The van der Waals surface area contributed by atoms with E-state index in [4.69, 9.17) is 0 Å². The highest BCUT2D eigenvalue weighted by Gasteiger charge is 2.32. The number of ketones is 1. The maximum absolute atomic E-state index is 14.0. The van der Waals surface area contributed by atoms with Crippen LogP contribution in [0, 0.1) is 5.82 Å². The topological polar surface area (TPSA) is 62.8 Å². The van der Waals surface area contributed by atoms with Gasteiger partial charge in [0, 0.05) is 18.4 Å². The fourth-order valence-corrected chi connectivity index (χ4v) is 2.77. The van der Waals surface area contributed by atoms with Crippen molar-refractivity contribution >= 4 is 5.78 Å². The standard InChI is InChI=1S/C18H16F4N2O2/c1-9(12-5-4-11(7-13(12)19)18(20,21)22)6-15(25)14-8-16(26)24-17(23-14)10-2-3-10/h4-5,7-10H,2-3,6H2,1H3,(H,23,24,26)/t9-/m0/s1. The average molecular weight is 368 g/mol. The molecule has 0 radical (unpaired) electrons. The summed E-state index contributed by atoms with van der Waals surface area (Å²) in [5.41, 5.74) is -1.50. The van der Waals surface area contributed by atoms with Crippen molar-refractivity contribution in [3.63, 3.8) is 0 Å². The summed E-state index contributed by atoms with van der Waals surface area (Å²) >= 11 is 0. The van der Waals surface area contributed by atoms with Gasteiger partial charge in [0.05, 0.1) is 5.56 Å². The molecule has 1 aromatic heterocycles. The largest absolute Gasteiger partial charge is 0.416 e. The minimum absolute atomic E-state index is 0.00480. The third kappa shape index (κ3) is 4.00. The van der Waals surface area contributed by atoms with Crippen LogP contribution in [0.5, 0.6) is 0 Å². The van der Waals surface area contributed by atoms with Crippen LogP contribution in [0.4, 0.5) is 17.6 Å². The van der Waals surface area contributed by atoms with E-state index in [2.05, 4.69) is 9.97 Å². The zero-order chi connectivity index (χ0) is 19.1. The zero-order valence-electron chi connectivity index (χ0n) is 13.9. The van der Waals surface area contributed by atoms with Crippen LogP contribution in [0.25, 0.3) is 0 Å². The molecule has 1 heterocycles.